The van der Waals surface area contributed by atoms with E-state index in [9.17, 15) is 14.7 Å². The average molecular weight is 475 g/mol. The molecule has 1 aliphatic heterocycles. The van der Waals surface area contributed by atoms with E-state index < -0.39 is 17.9 Å². The third kappa shape index (κ3) is 5.31. The van der Waals surface area contributed by atoms with Crippen molar-refractivity contribution in [3.63, 3.8) is 0 Å². The Morgan fingerprint density at radius 3 is 2.59 bits per heavy atom. The first kappa shape index (κ1) is 24.2. The molecule has 156 valence electrons. The quantitative estimate of drug-likeness (QED) is 0.308. The number of halogens is 1. The van der Waals surface area contributed by atoms with Crippen LogP contribution in [0, 0.1) is 0 Å². The second kappa shape index (κ2) is 10.5. The van der Waals surface area contributed by atoms with Gasteiger partial charge in [-0.1, -0.05) is 54.1 Å². The molecule has 4 rings (SSSR count). The van der Waals surface area contributed by atoms with Crippen LogP contribution in [-0.4, -0.2) is 27.9 Å². The Morgan fingerprint density at radius 2 is 1.91 bits per heavy atom. The Kier molecular flexibility index (Phi) is 7.92. The number of hydrogen-bond acceptors (Lipinski definition) is 5. The van der Waals surface area contributed by atoms with Crippen molar-refractivity contribution in [1.29, 1.82) is 0 Å². The molecule has 0 aliphatic carbocycles. The van der Waals surface area contributed by atoms with E-state index in [2.05, 4.69) is 5.32 Å². The van der Waals surface area contributed by atoms with E-state index in [1.165, 1.54) is 6.08 Å². The molecule has 0 spiro atoms. The van der Waals surface area contributed by atoms with Gasteiger partial charge in [-0.05, 0) is 48.5 Å². The van der Waals surface area contributed by atoms with E-state index in [1.54, 1.807) is 48.5 Å². The van der Waals surface area contributed by atoms with E-state index >= 15 is 0 Å². The molecule has 1 aliphatic rings. The molecule has 1 N–H and O–H groups in total. The molecule has 1 atom stereocenters. The van der Waals surface area contributed by atoms with Gasteiger partial charge in [-0.15, -0.1) is 0 Å². The number of rotatable bonds is 6. The fourth-order valence-corrected chi connectivity index (χ4v) is 3.83. The summed E-state index contributed by atoms with van der Waals surface area (Å²) < 4.78 is 5.79. The fraction of sp³-hybridized carbons (Fsp3) is 0.0870. The number of furan rings is 1. The minimum absolute atomic E-state index is 0. The SMILES string of the molecule is O=C([O-])C(Cc1ccccc1)N1C(=O)/C(=C\c2ccc(-c3cccc(Cl)c3)o2)NC1=S.[Na+]. The molecule has 9 heteroatoms. The summed E-state index contributed by atoms with van der Waals surface area (Å²) in [6.45, 7) is 0. The Labute approximate surface area is 217 Å². The first-order valence-corrected chi connectivity index (χ1v) is 10.2. The van der Waals surface area contributed by atoms with E-state index in [-0.39, 0.29) is 46.8 Å². The molecular weight excluding hydrogens is 459 g/mol. The zero-order valence-corrected chi connectivity index (χ0v) is 20.7. The number of carboxylic acid groups (broad SMARTS) is 1. The predicted molar refractivity (Wildman–Crippen MR) is 119 cm³/mol. The van der Waals surface area contributed by atoms with Gasteiger partial charge in [0.15, 0.2) is 5.11 Å². The molecule has 1 unspecified atom stereocenters. The number of benzene rings is 2. The van der Waals surface area contributed by atoms with E-state index in [1.807, 2.05) is 18.2 Å². The molecule has 32 heavy (non-hydrogen) atoms. The minimum atomic E-state index is -1.39. The maximum atomic E-state index is 12.9. The normalized spacial score (nSPS) is 15.4. The molecule has 1 aromatic heterocycles. The molecular formula is C23H16ClN2NaO4S. The Bertz CT molecular complexity index is 1200. The molecule has 0 saturated carbocycles. The zero-order chi connectivity index (χ0) is 22.0. The van der Waals surface area contributed by atoms with Gasteiger partial charge in [0.25, 0.3) is 5.91 Å². The van der Waals surface area contributed by atoms with Crippen LogP contribution in [0.2, 0.25) is 5.02 Å². The van der Waals surface area contributed by atoms with Crippen molar-refractivity contribution in [2.75, 3.05) is 0 Å². The van der Waals surface area contributed by atoms with E-state index in [0.717, 1.165) is 16.0 Å². The molecule has 1 saturated heterocycles. The fourth-order valence-electron chi connectivity index (χ4n) is 3.32. The van der Waals surface area contributed by atoms with Gasteiger partial charge in [0, 0.05) is 16.7 Å². The van der Waals surface area contributed by atoms with Crippen LogP contribution in [0.4, 0.5) is 0 Å². The van der Waals surface area contributed by atoms with Crippen molar-refractivity contribution >= 4 is 46.9 Å². The number of carbonyl (C=O) groups excluding carboxylic acids is 2. The van der Waals surface area contributed by atoms with Crippen molar-refractivity contribution < 1.29 is 48.7 Å². The van der Waals surface area contributed by atoms with Crippen LogP contribution in [0.3, 0.4) is 0 Å². The van der Waals surface area contributed by atoms with Gasteiger partial charge in [0.2, 0.25) is 0 Å². The average Bonchev–Trinajstić information content (AvgIpc) is 3.32. The second-order valence-corrected chi connectivity index (χ2v) is 7.72. The Morgan fingerprint density at radius 1 is 1.16 bits per heavy atom. The predicted octanol–water partition coefficient (Wildman–Crippen LogP) is 0.0228. The monoisotopic (exact) mass is 474 g/mol. The van der Waals surface area contributed by atoms with Crippen LogP contribution >= 0.6 is 23.8 Å². The number of carbonyl (C=O) groups is 2. The molecule has 1 fully saturated rings. The Balaban J connectivity index is 0.00000289. The summed E-state index contributed by atoms with van der Waals surface area (Å²) in [5.74, 6) is -0.959. The van der Waals surface area contributed by atoms with Gasteiger partial charge in [-0.25, -0.2) is 0 Å². The number of nitrogens with zero attached hydrogens (tertiary/aromatic N) is 1. The summed E-state index contributed by atoms with van der Waals surface area (Å²) in [5, 5.41) is 15.2. The summed E-state index contributed by atoms with van der Waals surface area (Å²) in [5.41, 5.74) is 1.66. The number of carboxylic acids is 1. The number of aliphatic carboxylic acids is 1. The summed E-state index contributed by atoms with van der Waals surface area (Å²) >= 11 is 11.3. The summed E-state index contributed by atoms with van der Waals surface area (Å²) in [4.78, 5) is 25.8. The van der Waals surface area contributed by atoms with Crippen LogP contribution in [0.1, 0.15) is 11.3 Å². The topological polar surface area (TPSA) is 85.6 Å². The van der Waals surface area contributed by atoms with Crippen LogP contribution < -0.4 is 40.0 Å². The van der Waals surface area contributed by atoms with Crippen molar-refractivity contribution in [3.8, 4) is 11.3 Å². The number of thiocarbonyl (C=S) groups is 1. The standard InChI is InChI=1S/C23H17ClN2O4S.Na/c24-16-8-4-7-15(12-16)20-10-9-17(30-20)13-18-21(27)26(23(31)25-18)19(22(28)29)11-14-5-2-1-3-6-14;/h1-10,12-13,19H,11H2,(H,25,31)(H,28,29);/q;+1/p-1/b18-13+;. The first-order valence-electron chi connectivity index (χ1n) is 9.39. The van der Waals surface area contributed by atoms with Crippen LogP contribution in [0.15, 0.2) is 76.8 Å². The van der Waals surface area contributed by atoms with Gasteiger partial charge < -0.3 is 19.6 Å². The van der Waals surface area contributed by atoms with Crippen molar-refractivity contribution in [2.45, 2.75) is 12.5 Å². The van der Waals surface area contributed by atoms with Crippen molar-refractivity contribution in [1.82, 2.24) is 10.2 Å². The molecule has 6 nitrogen and oxygen atoms in total. The van der Waals surface area contributed by atoms with Gasteiger partial charge in [-0.2, -0.15) is 0 Å². The maximum absolute atomic E-state index is 12.9. The first-order chi connectivity index (χ1) is 14.9. The van der Waals surface area contributed by atoms with E-state index in [0.29, 0.717) is 16.5 Å². The molecule has 0 bridgehead atoms. The molecule has 2 heterocycles. The third-order valence-corrected chi connectivity index (χ3v) is 5.32. The maximum Gasteiger partial charge on any atom is 1.00 e. The second-order valence-electron chi connectivity index (χ2n) is 6.90. The summed E-state index contributed by atoms with van der Waals surface area (Å²) in [6, 6.07) is 18.4. The summed E-state index contributed by atoms with van der Waals surface area (Å²) in [7, 11) is 0. The molecule has 1 amide bonds. The molecule has 0 radical (unpaired) electrons. The van der Waals surface area contributed by atoms with Crippen molar-refractivity contribution in [3.05, 3.63) is 88.8 Å². The van der Waals surface area contributed by atoms with Crippen LogP contribution in [0.5, 0.6) is 0 Å². The van der Waals surface area contributed by atoms with Gasteiger partial charge in [0.05, 0.1) is 12.0 Å². The number of nitrogens with one attached hydrogen (secondary N) is 1. The summed E-state index contributed by atoms with van der Waals surface area (Å²) in [6.07, 6.45) is 1.56. The van der Waals surface area contributed by atoms with Crippen molar-refractivity contribution in [2.24, 2.45) is 0 Å². The van der Waals surface area contributed by atoms with Gasteiger partial charge >= 0.3 is 29.6 Å². The van der Waals surface area contributed by atoms with Gasteiger partial charge in [0.1, 0.15) is 17.2 Å². The largest absolute Gasteiger partial charge is 1.00 e. The van der Waals surface area contributed by atoms with Gasteiger partial charge in [-0.3, -0.25) is 9.69 Å². The van der Waals surface area contributed by atoms with Crippen LogP contribution in [0.25, 0.3) is 17.4 Å². The molecule has 3 aromatic rings. The zero-order valence-electron chi connectivity index (χ0n) is 17.1. The Hall–Kier alpha value is -2.42. The van der Waals surface area contributed by atoms with E-state index in [4.69, 9.17) is 28.2 Å². The smallest absolute Gasteiger partial charge is 0.548 e. The number of hydrogen-bond donors (Lipinski definition) is 1. The third-order valence-electron chi connectivity index (χ3n) is 4.79. The minimum Gasteiger partial charge on any atom is -0.548 e. The number of amides is 1. The van der Waals surface area contributed by atoms with Crippen LogP contribution in [-0.2, 0) is 16.0 Å². The molecule has 2 aromatic carbocycles.